The van der Waals surface area contributed by atoms with Crippen LogP contribution in [0.2, 0.25) is 0 Å². The van der Waals surface area contributed by atoms with Gasteiger partial charge in [-0.15, -0.1) is 0 Å². The molecule has 0 saturated carbocycles. The maximum absolute atomic E-state index is 11.8. The molecule has 0 radical (unpaired) electrons. The van der Waals surface area contributed by atoms with Gasteiger partial charge in [0.25, 0.3) is 0 Å². The van der Waals surface area contributed by atoms with Crippen molar-refractivity contribution in [3.8, 4) is 0 Å². The molecule has 20 heavy (non-hydrogen) atoms. The van der Waals surface area contributed by atoms with Gasteiger partial charge in [0.2, 0.25) is 0 Å². The summed E-state index contributed by atoms with van der Waals surface area (Å²) in [6.07, 6.45) is 3.35. The highest BCUT2D eigenvalue weighted by Gasteiger charge is 2.19. The van der Waals surface area contributed by atoms with Crippen molar-refractivity contribution in [3.63, 3.8) is 0 Å². The monoisotopic (exact) mass is 277 g/mol. The van der Waals surface area contributed by atoms with E-state index in [2.05, 4.69) is 0 Å². The molecule has 0 amide bonds. The van der Waals surface area contributed by atoms with E-state index < -0.39 is 6.04 Å². The topological polar surface area (TPSA) is 61.6 Å². The number of hydrogen-bond donors (Lipinski definition) is 1. The van der Waals surface area contributed by atoms with Crippen molar-refractivity contribution in [1.82, 2.24) is 0 Å². The van der Waals surface area contributed by atoms with Gasteiger partial charge in [0.15, 0.2) is 0 Å². The first kappa shape index (κ1) is 15.0. The average Bonchev–Trinajstić information content (AvgIpc) is 2.52. The van der Waals surface area contributed by atoms with E-state index in [0.717, 1.165) is 32.5 Å². The van der Waals surface area contributed by atoms with Crippen molar-refractivity contribution in [2.24, 2.45) is 11.7 Å². The van der Waals surface area contributed by atoms with E-state index in [1.54, 1.807) is 0 Å². The van der Waals surface area contributed by atoms with Gasteiger partial charge in [-0.2, -0.15) is 0 Å². The second kappa shape index (κ2) is 8.02. The first-order valence-electron chi connectivity index (χ1n) is 7.29. The lowest BCUT2D eigenvalue weighted by molar-refractivity contribution is -0.147. The molecule has 0 spiro atoms. The first-order chi connectivity index (χ1) is 9.75. The lowest BCUT2D eigenvalue weighted by Gasteiger charge is -2.22. The Morgan fingerprint density at radius 1 is 1.30 bits per heavy atom. The van der Waals surface area contributed by atoms with Gasteiger partial charge < -0.3 is 15.2 Å². The number of nitrogens with two attached hydrogens (primary N) is 1. The van der Waals surface area contributed by atoms with Crippen LogP contribution in [0.1, 0.15) is 24.8 Å². The Balaban J connectivity index is 1.66. The Kier molecular flexibility index (Phi) is 6.02. The molecular formula is C16H23NO3. The summed E-state index contributed by atoms with van der Waals surface area (Å²) in [6.45, 7) is 2.01. The van der Waals surface area contributed by atoms with E-state index >= 15 is 0 Å². The van der Waals surface area contributed by atoms with Gasteiger partial charge in [0, 0.05) is 13.2 Å². The molecule has 2 rings (SSSR count). The molecule has 1 fully saturated rings. The van der Waals surface area contributed by atoms with E-state index in [1.165, 1.54) is 5.56 Å². The van der Waals surface area contributed by atoms with E-state index in [-0.39, 0.29) is 5.97 Å². The van der Waals surface area contributed by atoms with Crippen LogP contribution in [0, 0.1) is 5.92 Å². The molecule has 110 valence electrons. The highest BCUT2D eigenvalue weighted by atomic mass is 16.5. The molecule has 1 aliphatic rings. The lowest BCUT2D eigenvalue weighted by atomic mass is 10.0. The molecular weight excluding hydrogens is 254 g/mol. The highest BCUT2D eigenvalue weighted by molar-refractivity contribution is 5.75. The number of hydrogen-bond acceptors (Lipinski definition) is 4. The molecule has 0 aliphatic carbocycles. The highest BCUT2D eigenvalue weighted by Crippen LogP contribution is 2.15. The standard InChI is InChI=1S/C16H23NO3/c17-15(7-6-13-4-2-1-3-5-13)16(18)20-12-14-8-10-19-11-9-14/h1-5,14-15H,6-12,17H2. The normalized spacial score (nSPS) is 17.6. The van der Waals surface area contributed by atoms with Gasteiger partial charge in [-0.1, -0.05) is 30.3 Å². The number of ether oxygens (including phenoxy) is 2. The molecule has 1 unspecified atom stereocenters. The summed E-state index contributed by atoms with van der Waals surface area (Å²) in [5.41, 5.74) is 7.08. The van der Waals surface area contributed by atoms with Gasteiger partial charge >= 0.3 is 5.97 Å². The van der Waals surface area contributed by atoms with Gasteiger partial charge in [0.05, 0.1) is 6.61 Å². The minimum atomic E-state index is -0.532. The minimum absolute atomic E-state index is 0.285. The Labute approximate surface area is 120 Å². The predicted molar refractivity (Wildman–Crippen MR) is 77.2 cm³/mol. The summed E-state index contributed by atoms with van der Waals surface area (Å²) in [7, 11) is 0. The largest absolute Gasteiger partial charge is 0.464 e. The molecule has 1 atom stereocenters. The number of benzene rings is 1. The van der Waals surface area contributed by atoms with Crippen LogP contribution in [-0.4, -0.2) is 31.8 Å². The Morgan fingerprint density at radius 2 is 2.00 bits per heavy atom. The van der Waals surface area contributed by atoms with Gasteiger partial charge in [0.1, 0.15) is 6.04 Å². The minimum Gasteiger partial charge on any atom is -0.464 e. The number of carbonyl (C=O) groups excluding carboxylic acids is 1. The van der Waals surface area contributed by atoms with Crippen LogP contribution in [0.3, 0.4) is 0 Å². The molecule has 4 heteroatoms. The van der Waals surface area contributed by atoms with Crippen LogP contribution < -0.4 is 5.73 Å². The molecule has 2 N–H and O–H groups in total. The number of aryl methyl sites for hydroxylation is 1. The molecule has 4 nitrogen and oxygen atoms in total. The second-order valence-electron chi connectivity index (χ2n) is 5.32. The quantitative estimate of drug-likeness (QED) is 0.807. The van der Waals surface area contributed by atoms with E-state index in [4.69, 9.17) is 15.2 Å². The van der Waals surface area contributed by atoms with E-state index in [1.807, 2.05) is 30.3 Å². The molecule has 1 aliphatic heterocycles. The van der Waals surface area contributed by atoms with Crippen LogP contribution in [0.25, 0.3) is 0 Å². The molecule has 1 aromatic rings. The molecule has 1 aromatic carbocycles. The van der Waals surface area contributed by atoms with Gasteiger partial charge in [-0.3, -0.25) is 4.79 Å². The molecule has 1 heterocycles. The zero-order chi connectivity index (χ0) is 14.2. The molecule has 0 bridgehead atoms. The van der Waals surface area contributed by atoms with Crippen LogP contribution in [0.15, 0.2) is 30.3 Å². The number of rotatable bonds is 6. The second-order valence-corrected chi connectivity index (χ2v) is 5.32. The molecule has 1 saturated heterocycles. The Bertz CT molecular complexity index is 401. The van der Waals surface area contributed by atoms with Crippen molar-refractivity contribution < 1.29 is 14.3 Å². The van der Waals surface area contributed by atoms with Gasteiger partial charge in [-0.05, 0) is 37.2 Å². The third-order valence-electron chi connectivity index (χ3n) is 3.69. The van der Waals surface area contributed by atoms with Crippen molar-refractivity contribution in [2.45, 2.75) is 31.7 Å². The fourth-order valence-electron chi connectivity index (χ4n) is 2.30. The SMILES string of the molecule is NC(CCc1ccccc1)C(=O)OCC1CCOCC1. The van der Waals surface area contributed by atoms with Crippen LogP contribution in [-0.2, 0) is 20.7 Å². The van der Waals surface area contributed by atoms with Gasteiger partial charge in [-0.25, -0.2) is 0 Å². The fraction of sp³-hybridized carbons (Fsp3) is 0.562. The molecule has 0 aromatic heterocycles. The summed E-state index contributed by atoms with van der Waals surface area (Å²) in [6, 6.07) is 9.51. The lowest BCUT2D eigenvalue weighted by Crippen LogP contribution is -2.34. The zero-order valence-electron chi connectivity index (χ0n) is 11.8. The third kappa shape index (κ3) is 4.94. The van der Waals surface area contributed by atoms with Crippen molar-refractivity contribution in [1.29, 1.82) is 0 Å². The first-order valence-corrected chi connectivity index (χ1v) is 7.29. The van der Waals surface area contributed by atoms with Crippen molar-refractivity contribution in [3.05, 3.63) is 35.9 Å². The summed E-state index contributed by atoms with van der Waals surface area (Å²) >= 11 is 0. The summed E-state index contributed by atoms with van der Waals surface area (Å²) < 4.78 is 10.6. The van der Waals surface area contributed by atoms with Crippen molar-refractivity contribution in [2.75, 3.05) is 19.8 Å². The van der Waals surface area contributed by atoms with E-state index in [0.29, 0.717) is 18.9 Å². The average molecular weight is 277 g/mol. The maximum atomic E-state index is 11.8. The van der Waals surface area contributed by atoms with Crippen LogP contribution in [0.5, 0.6) is 0 Å². The summed E-state index contributed by atoms with van der Waals surface area (Å²) in [5.74, 6) is 0.140. The Morgan fingerprint density at radius 3 is 2.70 bits per heavy atom. The van der Waals surface area contributed by atoms with Crippen LogP contribution in [0.4, 0.5) is 0 Å². The predicted octanol–water partition coefficient (Wildman–Crippen LogP) is 1.92. The number of esters is 1. The summed E-state index contributed by atoms with van der Waals surface area (Å²) in [4.78, 5) is 11.8. The van der Waals surface area contributed by atoms with Crippen LogP contribution >= 0.6 is 0 Å². The fourth-order valence-corrected chi connectivity index (χ4v) is 2.30. The van der Waals surface area contributed by atoms with E-state index in [9.17, 15) is 4.79 Å². The van der Waals surface area contributed by atoms with Crippen molar-refractivity contribution >= 4 is 5.97 Å². The number of carbonyl (C=O) groups is 1. The zero-order valence-corrected chi connectivity index (χ0v) is 11.8. The smallest absolute Gasteiger partial charge is 0.322 e. The third-order valence-corrected chi connectivity index (χ3v) is 3.69. The Hall–Kier alpha value is -1.39. The summed E-state index contributed by atoms with van der Waals surface area (Å²) in [5, 5.41) is 0. The maximum Gasteiger partial charge on any atom is 0.322 e.